The van der Waals surface area contributed by atoms with E-state index in [2.05, 4.69) is 10.3 Å². The number of alkyl halides is 3. The summed E-state index contributed by atoms with van der Waals surface area (Å²) in [6, 6.07) is 5.46. The highest BCUT2D eigenvalue weighted by molar-refractivity contribution is 5.78. The molecule has 24 heavy (non-hydrogen) atoms. The van der Waals surface area contributed by atoms with Crippen LogP contribution in [-0.2, 0) is 6.54 Å². The van der Waals surface area contributed by atoms with Gasteiger partial charge in [0.25, 0.3) is 0 Å². The highest BCUT2D eigenvalue weighted by atomic mass is 19.4. The van der Waals surface area contributed by atoms with Crippen LogP contribution < -0.4 is 15.8 Å². The number of aliphatic imine (C=N–C) groups is 1. The summed E-state index contributed by atoms with van der Waals surface area (Å²) >= 11 is 0. The summed E-state index contributed by atoms with van der Waals surface area (Å²) in [7, 11) is 0. The van der Waals surface area contributed by atoms with Gasteiger partial charge in [0.05, 0.1) is 6.54 Å². The molecule has 1 fully saturated rings. The van der Waals surface area contributed by atoms with Gasteiger partial charge in [-0.15, -0.1) is 0 Å². The van der Waals surface area contributed by atoms with E-state index >= 15 is 0 Å². The molecule has 2 rings (SSSR count). The maximum absolute atomic E-state index is 12.4. The second kappa shape index (κ2) is 8.26. The fraction of sp³-hybridized carbons (Fsp3) is 0.588. The van der Waals surface area contributed by atoms with Crippen LogP contribution in [0.5, 0.6) is 5.75 Å². The van der Waals surface area contributed by atoms with Crippen molar-refractivity contribution in [3.8, 4) is 5.75 Å². The van der Waals surface area contributed by atoms with E-state index in [9.17, 15) is 13.2 Å². The summed E-state index contributed by atoms with van der Waals surface area (Å²) in [5, 5.41) is 3.18. The molecule has 0 heterocycles. The van der Waals surface area contributed by atoms with Gasteiger partial charge in [-0.05, 0) is 31.4 Å². The lowest BCUT2D eigenvalue weighted by molar-refractivity contribution is -0.153. The molecule has 1 aromatic carbocycles. The van der Waals surface area contributed by atoms with Crippen LogP contribution >= 0.6 is 0 Å². The average molecular weight is 343 g/mol. The van der Waals surface area contributed by atoms with Gasteiger partial charge in [-0.25, -0.2) is 4.99 Å². The topological polar surface area (TPSA) is 59.6 Å². The van der Waals surface area contributed by atoms with E-state index in [1.54, 1.807) is 19.1 Å². The molecule has 1 aliphatic carbocycles. The lowest BCUT2D eigenvalue weighted by Crippen LogP contribution is -2.41. The summed E-state index contributed by atoms with van der Waals surface area (Å²) in [5.41, 5.74) is 7.30. The van der Waals surface area contributed by atoms with E-state index in [1.807, 2.05) is 6.07 Å². The van der Waals surface area contributed by atoms with Gasteiger partial charge in [-0.3, -0.25) is 0 Å². The van der Waals surface area contributed by atoms with Crippen LogP contribution in [0.2, 0.25) is 0 Å². The maximum Gasteiger partial charge on any atom is 0.422 e. The van der Waals surface area contributed by atoms with E-state index in [0.29, 0.717) is 17.6 Å². The van der Waals surface area contributed by atoms with Gasteiger partial charge in [0.1, 0.15) is 5.75 Å². The number of nitrogens with one attached hydrogen (secondary N) is 1. The molecule has 4 nitrogen and oxygen atoms in total. The Morgan fingerprint density at radius 2 is 2.00 bits per heavy atom. The van der Waals surface area contributed by atoms with Crippen LogP contribution in [0.3, 0.4) is 0 Å². The SMILES string of the molecule is Cc1ccc(CN=C(N)NC2CCCCC2)c(OCC(F)(F)F)c1. The maximum atomic E-state index is 12.4. The molecule has 0 spiro atoms. The first kappa shape index (κ1) is 18.4. The van der Waals surface area contributed by atoms with Crippen molar-refractivity contribution in [2.45, 2.75) is 57.8 Å². The second-order valence-corrected chi connectivity index (χ2v) is 6.20. The van der Waals surface area contributed by atoms with Crippen LogP contribution in [-0.4, -0.2) is 24.8 Å². The van der Waals surface area contributed by atoms with E-state index in [4.69, 9.17) is 10.5 Å². The molecule has 0 atom stereocenters. The predicted octanol–water partition coefficient (Wildman–Crippen LogP) is 3.67. The minimum Gasteiger partial charge on any atom is -0.484 e. The number of halogens is 3. The molecule has 1 aliphatic rings. The van der Waals surface area contributed by atoms with Crippen molar-refractivity contribution < 1.29 is 17.9 Å². The number of ether oxygens (including phenoxy) is 1. The number of nitrogens with zero attached hydrogens (tertiary/aromatic N) is 1. The predicted molar refractivity (Wildman–Crippen MR) is 88.1 cm³/mol. The van der Waals surface area contributed by atoms with Crippen molar-refractivity contribution >= 4 is 5.96 Å². The van der Waals surface area contributed by atoms with Crippen LogP contribution in [0.15, 0.2) is 23.2 Å². The standard InChI is InChI=1S/C17H24F3N3O/c1-12-7-8-13(15(9-12)24-11-17(18,19)20)10-22-16(21)23-14-5-3-2-4-6-14/h7-9,14H,2-6,10-11H2,1H3,(H3,21,22,23). The zero-order valence-electron chi connectivity index (χ0n) is 13.8. The summed E-state index contributed by atoms with van der Waals surface area (Å²) in [6.07, 6.45) is 1.38. The van der Waals surface area contributed by atoms with Crippen molar-refractivity contribution in [2.24, 2.45) is 10.7 Å². The molecule has 0 radical (unpaired) electrons. The molecule has 0 bridgehead atoms. The van der Waals surface area contributed by atoms with Gasteiger partial charge in [0.2, 0.25) is 0 Å². The van der Waals surface area contributed by atoms with Gasteiger partial charge in [0.15, 0.2) is 12.6 Å². The highest BCUT2D eigenvalue weighted by Crippen LogP contribution is 2.24. The summed E-state index contributed by atoms with van der Waals surface area (Å²) in [6.45, 7) is 0.661. The van der Waals surface area contributed by atoms with Crippen molar-refractivity contribution in [1.82, 2.24) is 5.32 Å². The largest absolute Gasteiger partial charge is 0.484 e. The van der Waals surface area contributed by atoms with Crippen molar-refractivity contribution in [3.63, 3.8) is 0 Å². The van der Waals surface area contributed by atoms with E-state index in [1.165, 1.54) is 19.3 Å². The van der Waals surface area contributed by atoms with Crippen LogP contribution in [0, 0.1) is 6.92 Å². The Morgan fingerprint density at radius 1 is 1.29 bits per heavy atom. The monoisotopic (exact) mass is 343 g/mol. The number of hydrogen-bond acceptors (Lipinski definition) is 2. The second-order valence-electron chi connectivity index (χ2n) is 6.20. The van der Waals surface area contributed by atoms with Gasteiger partial charge in [-0.2, -0.15) is 13.2 Å². The number of nitrogens with two attached hydrogens (primary N) is 1. The summed E-state index contributed by atoms with van der Waals surface area (Å²) < 4.78 is 42.0. The highest BCUT2D eigenvalue weighted by Gasteiger charge is 2.28. The Balaban J connectivity index is 1.98. The van der Waals surface area contributed by atoms with Gasteiger partial charge in [-0.1, -0.05) is 31.4 Å². The van der Waals surface area contributed by atoms with E-state index in [0.717, 1.165) is 18.4 Å². The molecule has 3 N–H and O–H groups in total. The number of benzene rings is 1. The van der Waals surface area contributed by atoms with Gasteiger partial charge in [0, 0.05) is 11.6 Å². The number of rotatable bonds is 5. The first-order chi connectivity index (χ1) is 11.3. The molecule has 134 valence electrons. The molecule has 7 heteroatoms. The lowest BCUT2D eigenvalue weighted by Gasteiger charge is -2.23. The van der Waals surface area contributed by atoms with Gasteiger partial charge >= 0.3 is 6.18 Å². The number of guanidine groups is 1. The van der Waals surface area contributed by atoms with Crippen molar-refractivity contribution in [3.05, 3.63) is 29.3 Å². The summed E-state index contributed by atoms with van der Waals surface area (Å²) in [4.78, 5) is 4.25. The third-order valence-electron chi connectivity index (χ3n) is 3.99. The Labute approximate surface area is 140 Å². The van der Waals surface area contributed by atoms with E-state index < -0.39 is 12.8 Å². The Hall–Kier alpha value is -1.92. The molecule has 0 saturated heterocycles. The third-order valence-corrected chi connectivity index (χ3v) is 3.99. The molecule has 0 amide bonds. The van der Waals surface area contributed by atoms with Crippen LogP contribution in [0.4, 0.5) is 13.2 Å². The Morgan fingerprint density at radius 3 is 2.67 bits per heavy atom. The average Bonchev–Trinajstić information content (AvgIpc) is 2.52. The third kappa shape index (κ3) is 6.29. The molecule has 0 aliphatic heterocycles. The minimum atomic E-state index is -4.37. The lowest BCUT2D eigenvalue weighted by atomic mass is 9.96. The van der Waals surface area contributed by atoms with E-state index in [-0.39, 0.29) is 12.3 Å². The molecular formula is C17H24F3N3O. The molecular weight excluding hydrogens is 319 g/mol. The van der Waals surface area contributed by atoms with Crippen LogP contribution in [0.25, 0.3) is 0 Å². The van der Waals surface area contributed by atoms with Crippen molar-refractivity contribution in [1.29, 1.82) is 0 Å². The number of hydrogen-bond donors (Lipinski definition) is 2. The smallest absolute Gasteiger partial charge is 0.422 e. The molecule has 1 saturated carbocycles. The normalized spacial score (nSPS) is 16.9. The minimum absolute atomic E-state index is 0.180. The zero-order chi connectivity index (χ0) is 17.6. The quantitative estimate of drug-likeness (QED) is 0.633. The van der Waals surface area contributed by atoms with Crippen molar-refractivity contribution in [2.75, 3.05) is 6.61 Å². The fourth-order valence-corrected chi connectivity index (χ4v) is 2.76. The fourth-order valence-electron chi connectivity index (χ4n) is 2.76. The molecule has 0 aromatic heterocycles. The first-order valence-electron chi connectivity index (χ1n) is 8.19. The summed E-state index contributed by atoms with van der Waals surface area (Å²) in [5.74, 6) is 0.519. The molecule has 1 aromatic rings. The Bertz CT molecular complexity index is 567. The van der Waals surface area contributed by atoms with Crippen LogP contribution in [0.1, 0.15) is 43.2 Å². The zero-order valence-corrected chi connectivity index (χ0v) is 13.8. The number of aryl methyl sites for hydroxylation is 1. The van der Waals surface area contributed by atoms with Gasteiger partial charge < -0.3 is 15.8 Å². The molecule has 0 unspecified atom stereocenters. The Kier molecular flexibility index (Phi) is 6.34. The first-order valence-corrected chi connectivity index (χ1v) is 8.19.